The molecule has 1 aromatic carbocycles. The molecule has 105 valence electrons. The maximum atomic E-state index is 12.8. The van der Waals surface area contributed by atoms with Crippen molar-refractivity contribution in [2.24, 2.45) is 0 Å². The Morgan fingerprint density at radius 3 is 2.48 bits per heavy atom. The largest absolute Gasteiger partial charge is 0.369 e. The van der Waals surface area contributed by atoms with Crippen LogP contribution in [-0.2, 0) is 32.7 Å². The summed E-state index contributed by atoms with van der Waals surface area (Å²) in [6, 6.07) is 7.59. The first-order chi connectivity index (χ1) is 9.52. The van der Waals surface area contributed by atoms with Crippen LogP contribution >= 0.6 is 0 Å². The zero-order valence-electron chi connectivity index (χ0n) is 11.7. The summed E-state index contributed by atoms with van der Waals surface area (Å²) in [6.07, 6.45) is 7.46. The van der Waals surface area contributed by atoms with E-state index in [2.05, 4.69) is 18.6 Å². The molecule has 1 heterocycles. The fraction of sp³-hybridized carbons (Fsp3) is 0.176. The van der Waals surface area contributed by atoms with Crippen LogP contribution in [0.5, 0.6) is 0 Å². The van der Waals surface area contributed by atoms with Gasteiger partial charge in [-0.25, -0.2) is 8.78 Å². The molecule has 1 nitrogen and oxygen atoms in total. The molecule has 0 unspecified atom stereocenters. The van der Waals surface area contributed by atoms with Crippen molar-refractivity contribution in [2.45, 2.75) is 13.3 Å². The zero-order valence-corrected chi connectivity index (χ0v) is 14.6. The average molecular weight is 359 g/mol. The molecule has 0 fully saturated rings. The van der Waals surface area contributed by atoms with Gasteiger partial charge in [-0.1, -0.05) is 41.1 Å². The molecule has 0 bridgehead atoms. The van der Waals surface area contributed by atoms with E-state index in [1.54, 1.807) is 6.08 Å². The normalized spacial score (nSPS) is 14.2. The van der Waals surface area contributed by atoms with Crippen LogP contribution in [0.2, 0.25) is 0 Å². The molecule has 0 atom stereocenters. The summed E-state index contributed by atoms with van der Waals surface area (Å²) >= 11 is 0. The van der Waals surface area contributed by atoms with Gasteiger partial charge in [0, 0.05) is 32.7 Å². The molecule has 0 saturated heterocycles. The van der Waals surface area contributed by atoms with Crippen molar-refractivity contribution < 1.29 is 41.5 Å². The molecule has 1 radical (unpaired) electrons. The Bertz CT molecular complexity index is 621. The maximum absolute atomic E-state index is 12.8. The van der Waals surface area contributed by atoms with Crippen molar-refractivity contribution in [1.82, 2.24) is 4.90 Å². The molecule has 0 aromatic heterocycles. The number of rotatable bonds is 3. The molecule has 0 aliphatic carbocycles. The Morgan fingerprint density at radius 2 is 1.95 bits per heavy atom. The van der Waals surface area contributed by atoms with E-state index in [0.29, 0.717) is 17.0 Å². The molecule has 1 aliphatic heterocycles. The maximum Gasteiger partial charge on any atom is 0.256 e. The van der Waals surface area contributed by atoms with Crippen LogP contribution in [-0.4, -0.2) is 17.9 Å². The summed E-state index contributed by atoms with van der Waals surface area (Å²) in [5.41, 5.74) is 3.35. The number of halogens is 2. The van der Waals surface area contributed by atoms with Crippen LogP contribution in [0.25, 0.3) is 5.70 Å². The second-order valence-electron chi connectivity index (χ2n) is 4.51. The van der Waals surface area contributed by atoms with Crippen LogP contribution in [0.1, 0.15) is 11.1 Å². The van der Waals surface area contributed by atoms with Gasteiger partial charge in [-0.3, -0.25) is 0 Å². The van der Waals surface area contributed by atoms with Crippen molar-refractivity contribution in [2.75, 3.05) is 6.54 Å². The summed E-state index contributed by atoms with van der Waals surface area (Å²) in [4.78, 5) is 1.42. The third-order valence-electron chi connectivity index (χ3n) is 3.06. The first kappa shape index (κ1) is 17.8. The van der Waals surface area contributed by atoms with Crippen LogP contribution in [0.15, 0.2) is 48.2 Å². The Kier molecular flexibility index (Phi) is 6.52. The molecule has 0 spiro atoms. The summed E-state index contributed by atoms with van der Waals surface area (Å²) < 4.78 is 25.6. The zero-order chi connectivity index (χ0) is 14.7. The number of hydrogen-bond donors (Lipinski definition) is 0. The molecule has 0 N–H and O–H groups in total. The van der Waals surface area contributed by atoms with E-state index < -0.39 is 13.0 Å². The van der Waals surface area contributed by atoms with Gasteiger partial charge >= 0.3 is 0 Å². The molecular weight excluding hydrogens is 345 g/mol. The Balaban J connectivity index is 0.00000220. The number of alkyl halides is 2. The molecular formula is C17H14F2NY-. The van der Waals surface area contributed by atoms with Crippen molar-refractivity contribution in [3.8, 4) is 12.3 Å². The fourth-order valence-corrected chi connectivity index (χ4v) is 2.00. The van der Waals surface area contributed by atoms with Crippen LogP contribution < -0.4 is 0 Å². The molecule has 1 aromatic rings. The third-order valence-corrected chi connectivity index (χ3v) is 3.06. The van der Waals surface area contributed by atoms with E-state index >= 15 is 0 Å². The van der Waals surface area contributed by atoms with E-state index in [9.17, 15) is 8.78 Å². The minimum atomic E-state index is -2.48. The predicted molar refractivity (Wildman–Crippen MR) is 76.6 cm³/mol. The summed E-state index contributed by atoms with van der Waals surface area (Å²) in [5, 5.41) is 0. The molecule has 2 rings (SSSR count). The minimum Gasteiger partial charge on any atom is -0.369 e. The molecule has 4 heteroatoms. The smallest absolute Gasteiger partial charge is 0.256 e. The fourth-order valence-electron chi connectivity index (χ4n) is 2.00. The Hall–Kier alpha value is -1.24. The van der Waals surface area contributed by atoms with Crippen molar-refractivity contribution in [3.05, 3.63) is 65.4 Å². The predicted octanol–water partition coefficient (Wildman–Crippen LogP) is 3.79. The van der Waals surface area contributed by atoms with Crippen molar-refractivity contribution >= 4 is 5.70 Å². The van der Waals surface area contributed by atoms with Crippen LogP contribution in [0.3, 0.4) is 0 Å². The van der Waals surface area contributed by atoms with Crippen molar-refractivity contribution in [3.63, 3.8) is 0 Å². The number of benzene rings is 1. The standard InChI is InChI=1S/C17H14F2N.Y/c1-4-14-9-10-16(15-7-5-12(2)6-8-15)20(13(14)3)11-17(18)19;/h1,5-9,17H,3,11H2,2H3;/q-1;. The minimum absolute atomic E-state index is 0. The van der Waals surface area contributed by atoms with E-state index in [0.717, 1.165) is 11.1 Å². The summed E-state index contributed by atoms with van der Waals surface area (Å²) in [5.74, 6) is 2.44. The molecule has 0 amide bonds. The molecule has 21 heavy (non-hydrogen) atoms. The van der Waals surface area contributed by atoms with Crippen molar-refractivity contribution in [1.29, 1.82) is 0 Å². The quantitative estimate of drug-likeness (QED) is 0.586. The number of hydrogen-bond acceptors (Lipinski definition) is 1. The molecule has 0 saturated carbocycles. The van der Waals surface area contributed by atoms with E-state index in [-0.39, 0.29) is 32.7 Å². The van der Waals surface area contributed by atoms with Gasteiger partial charge in [0.2, 0.25) is 0 Å². The second kappa shape index (κ2) is 7.68. The van der Waals surface area contributed by atoms with Gasteiger partial charge in [-0.05, 0) is 12.6 Å². The van der Waals surface area contributed by atoms with Gasteiger partial charge in [-0.15, -0.1) is 24.5 Å². The Labute approximate surface area is 149 Å². The first-order valence-electron chi connectivity index (χ1n) is 6.15. The van der Waals surface area contributed by atoms with Gasteiger partial charge in [0.15, 0.2) is 0 Å². The summed E-state index contributed by atoms with van der Waals surface area (Å²) in [7, 11) is 0. The van der Waals surface area contributed by atoms with Crippen LogP contribution in [0, 0.1) is 25.3 Å². The van der Waals surface area contributed by atoms with Gasteiger partial charge in [0.05, 0.1) is 6.54 Å². The van der Waals surface area contributed by atoms with Crippen LogP contribution in [0.4, 0.5) is 8.78 Å². The topological polar surface area (TPSA) is 3.24 Å². The third kappa shape index (κ3) is 4.12. The monoisotopic (exact) mass is 359 g/mol. The first-order valence-corrected chi connectivity index (χ1v) is 6.15. The van der Waals surface area contributed by atoms with Gasteiger partial charge in [0.25, 0.3) is 6.43 Å². The van der Waals surface area contributed by atoms with E-state index in [1.165, 1.54) is 4.90 Å². The second-order valence-corrected chi connectivity index (χ2v) is 4.51. The Morgan fingerprint density at radius 1 is 1.33 bits per heavy atom. The van der Waals surface area contributed by atoms with Gasteiger partial charge in [-0.2, -0.15) is 12.2 Å². The number of terminal acetylenes is 1. The number of aryl methyl sites for hydroxylation is 1. The van der Waals surface area contributed by atoms with E-state index in [4.69, 9.17) is 6.42 Å². The summed E-state index contributed by atoms with van der Waals surface area (Å²) in [6.45, 7) is 5.33. The SMILES string of the molecule is C#CC1=C[C-]=C(c2ccc(C)cc2)N(CC(F)F)C1=C.[Y]. The average Bonchev–Trinajstić information content (AvgIpc) is 2.42. The number of nitrogens with zero attached hydrogens (tertiary/aromatic N) is 1. The van der Waals surface area contributed by atoms with Gasteiger partial charge in [0.1, 0.15) is 0 Å². The molecule has 1 aliphatic rings. The number of allylic oxidation sites excluding steroid dienone is 3. The van der Waals surface area contributed by atoms with E-state index in [1.807, 2.05) is 31.2 Å². The van der Waals surface area contributed by atoms with Gasteiger partial charge < -0.3 is 4.90 Å².